The topological polar surface area (TPSA) is 31.4 Å². The molecule has 0 atom stereocenters. The van der Waals surface area contributed by atoms with Gasteiger partial charge in [-0.2, -0.15) is 0 Å². The highest BCUT2D eigenvalue weighted by molar-refractivity contribution is 6.62. The molecule has 3 rings (SSSR count). The van der Waals surface area contributed by atoms with Crippen LogP contribution in [0.2, 0.25) is 0 Å². The summed E-state index contributed by atoms with van der Waals surface area (Å²) < 4.78 is 12.3. The number of pyridine rings is 1. The molecule has 1 saturated heterocycles. The fourth-order valence-corrected chi connectivity index (χ4v) is 2.88. The summed E-state index contributed by atoms with van der Waals surface area (Å²) in [5.74, 6) is 0. The number of benzene rings is 1. The molecule has 2 heterocycles. The molecule has 0 N–H and O–H groups in total. The Morgan fingerprint density at radius 1 is 0.833 bits per heavy atom. The van der Waals surface area contributed by atoms with Gasteiger partial charge in [0.2, 0.25) is 0 Å². The van der Waals surface area contributed by atoms with Crippen LogP contribution in [0.1, 0.15) is 44.5 Å². The van der Waals surface area contributed by atoms with Crippen LogP contribution in [0.4, 0.5) is 0 Å². The van der Waals surface area contributed by atoms with Crippen molar-refractivity contribution in [2.75, 3.05) is 0 Å². The van der Waals surface area contributed by atoms with Gasteiger partial charge in [-0.05, 0) is 71.1 Å². The van der Waals surface area contributed by atoms with Crippen LogP contribution >= 0.6 is 0 Å². The van der Waals surface area contributed by atoms with Crippen LogP contribution in [0, 0.1) is 20.8 Å². The predicted molar refractivity (Wildman–Crippen MR) is 99.6 cm³/mol. The van der Waals surface area contributed by atoms with Crippen molar-refractivity contribution in [1.82, 2.24) is 4.98 Å². The molecule has 2 aromatic rings. The van der Waals surface area contributed by atoms with Crippen molar-refractivity contribution in [3.63, 3.8) is 0 Å². The predicted octanol–water partition coefficient (Wildman–Crippen LogP) is 3.97. The normalized spacial score (nSPS) is 18.9. The van der Waals surface area contributed by atoms with Crippen LogP contribution < -0.4 is 5.46 Å². The zero-order valence-electron chi connectivity index (χ0n) is 15.7. The highest BCUT2D eigenvalue weighted by Gasteiger charge is 2.51. The van der Waals surface area contributed by atoms with Crippen LogP contribution in [0.3, 0.4) is 0 Å². The zero-order valence-corrected chi connectivity index (χ0v) is 15.7. The maximum atomic E-state index is 6.15. The first kappa shape index (κ1) is 17.2. The Morgan fingerprint density at radius 2 is 1.46 bits per heavy atom. The molecule has 0 saturated carbocycles. The van der Waals surface area contributed by atoms with E-state index in [2.05, 4.69) is 71.9 Å². The minimum atomic E-state index is -0.324. The van der Waals surface area contributed by atoms with Gasteiger partial charge >= 0.3 is 7.12 Å². The van der Waals surface area contributed by atoms with E-state index in [1.807, 2.05) is 6.92 Å². The van der Waals surface area contributed by atoms with Crippen molar-refractivity contribution in [1.29, 1.82) is 0 Å². The Labute approximate surface area is 145 Å². The Kier molecular flexibility index (Phi) is 4.09. The van der Waals surface area contributed by atoms with Gasteiger partial charge in [0.05, 0.1) is 16.9 Å². The van der Waals surface area contributed by atoms with Crippen molar-refractivity contribution in [2.45, 2.75) is 59.7 Å². The standard InChI is InChI=1S/C20H26BNO2/c1-13-8-11-18(22-15(13)3)17-10-9-16(12-14(17)2)21-23-19(4,5)20(6,7)24-21/h8-12H,1-7H3. The average Bonchev–Trinajstić information content (AvgIpc) is 2.70. The lowest BCUT2D eigenvalue weighted by Crippen LogP contribution is -2.41. The molecule has 1 fully saturated rings. The number of rotatable bonds is 2. The van der Waals surface area contributed by atoms with Crippen molar-refractivity contribution in [3.05, 3.63) is 47.2 Å². The molecule has 0 unspecified atom stereocenters. The summed E-state index contributed by atoms with van der Waals surface area (Å²) in [5.41, 5.74) is 6.04. The molecular formula is C20H26BNO2. The third kappa shape index (κ3) is 2.89. The van der Waals surface area contributed by atoms with E-state index in [4.69, 9.17) is 14.3 Å². The molecule has 0 spiro atoms. The molecule has 4 heteroatoms. The van der Waals surface area contributed by atoms with Crippen LogP contribution in [0.25, 0.3) is 11.3 Å². The van der Waals surface area contributed by atoms with E-state index < -0.39 is 0 Å². The lowest BCUT2D eigenvalue weighted by atomic mass is 9.77. The molecular weight excluding hydrogens is 297 g/mol. The molecule has 1 aromatic heterocycles. The van der Waals surface area contributed by atoms with Crippen molar-refractivity contribution in [3.8, 4) is 11.3 Å². The molecule has 3 nitrogen and oxygen atoms in total. The second-order valence-corrected chi connectivity index (χ2v) is 7.76. The van der Waals surface area contributed by atoms with Crippen LogP contribution in [0.15, 0.2) is 30.3 Å². The van der Waals surface area contributed by atoms with Gasteiger partial charge in [0.1, 0.15) is 0 Å². The van der Waals surface area contributed by atoms with Gasteiger partial charge in [-0.1, -0.05) is 24.3 Å². The minimum absolute atomic E-state index is 0.320. The van der Waals surface area contributed by atoms with E-state index in [0.29, 0.717) is 0 Å². The molecule has 0 amide bonds. The Balaban J connectivity index is 1.92. The summed E-state index contributed by atoms with van der Waals surface area (Å²) in [6, 6.07) is 10.6. The van der Waals surface area contributed by atoms with E-state index in [1.165, 1.54) is 11.1 Å². The Bertz CT molecular complexity index is 767. The van der Waals surface area contributed by atoms with E-state index in [-0.39, 0.29) is 18.3 Å². The number of nitrogens with zero attached hydrogens (tertiary/aromatic N) is 1. The fraction of sp³-hybridized carbons (Fsp3) is 0.450. The van der Waals surface area contributed by atoms with E-state index in [9.17, 15) is 0 Å². The SMILES string of the molecule is Cc1cc(B2OC(C)(C)C(C)(C)O2)ccc1-c1ccc(C)c(C)n1. The third-order valence-corrected chi connectivity index (χ3v) is 5.40. The summed E-state index contributed by atoms with van der Waals surface area (Å²) in [4.78, 5) is 4.71. The molecule has 0 aliphatic carbocycles. The Hall–Kier alpha value is -1.65. The highest BCUT2D eigenvalue weighted by atomic mass is 16.7. The van der Waals surface area contributed by atoms with Crippen LogP contribution in [-0.2, 0) is 9.31 Å². The summed E-state index contributed by atoms with van der Waals surface area (Å²) in [6.45, 7) is 14.6. The maximum Gasteiger partial charge on any atom is 0.494 e. The van der Waals surface area contributed by atoms with E-state index in [1.54, 1.807) is 0 Å². The zero-order chi connectivity index (χ0) is 17.7. The molecule has 1 aliphatic rings. The molecule has 1 aromatic carbocycles. The van der Waals surface area contributed by atoms with Gasteiger partial charge in [0.15, 0.2) is 0 Å². The molecule has 126 valence electrons. The van der Waals surface area contributed by atoms with Crippen molar-refractivity contribution in [2.24, 2.45) is 0 Å². The first-order valence-electron chi connectivity index (χ1n) is 8.51. The smallest absolute Gasteiger partial charge is 0.399 e. The second-order valence-electron chi connectivity index (χ2n) is 7.76. The van der Waals surface area contributed by atoms with Gasteiger partial charge in [-0.25, -0.2) is 0 Å². The number of aryl methyl sites for hydroxylation is 3. The van der Waals surface area contributed by atoms with Crippen LogP contribution in [-0.4, -0.2) is 23.3 Å². The van der Waals surface area contributed by atoms with Crippen molar-refractivity contribution < 1.29 is 9.31 Å². The third-order valence-electron chi connectivity index (χ3n) is 5.40. The summed E-state index contributed by atoms with van der Waals surface area (Å²) in [6.07, 6.45) is 0. The lowest BCUT2D eigenvalue weighted by molar-refractivity contribution is 0.00578. The highest BCUT2D eigenvalue weighted by Crippen LogP contribution is 2.36. The molecule has 0 bridgehead atoms. The first-order chi connectivity index (χ1) is 11.1. The van der Waals surface area contributed by atoms with Gasteiger partial charge < -0.3 is 9.31 Å². The molecule has 24 heavy (non-hydrogen) atoms. The summed E-state index contributed by atoms with van der Waals surface area (Å²) in [7, 11) is -0.324. The Morgan fingerprint density at radius 3 is 2.00 bits per heavy atom. The van der Waals surface area contributed by atoms with Gasteiger partial charge in [0, 0.05) is 11.3 Å². The minimum Gasteiger partial charge on any atom is -0.399 e. The fourth-order valence-electron chi connectivity index (χ4n) is 2.88. The maximum absolute atomic E-state index is 6.15. The van der Waals surface area contributed by atoms with Gasteiger partial charge in [-0.3, -0.25) is 4.98 Å². The largest absolute Gasteiger partial charge is 0.494 e. The molecule has 0 radical (unpaired) electrons. The monoisotopic (exact) mass is 323 g/mol. The van der Waals surface area contributed by atoms with Gasteiger partial charge in [0.25, 0.3) is 0 Å². The van der Waals surface area contributed by atoms with Crippen LogP contribution in [0.5, 0.6) is 0 Å². The summed E-state index contributed by atoms with van der Waals surface area (Å²) >= 11 is 0. The number of hydrogen-bond acceptors (Lipinski definition) is 3. The average molecular weight is 323 g/mol. The number of hydrogen-bond donors (Lipinski definition) is 0. The van der Waals surface area contributed by atoms with Gasteiger partial charge in [-0.15, -0.1) is 0 Å². The summed E-state index contributed by atoms with van der Waals surface area (Å²) in [5, 5.41) is 0. The lowest BCUT2D eigenvalue weighted by Gasteiger charge is -2.32. The first-order valence-corrected chi connectivity index (χ1v) is 8.51. The van der Waals surface area contributed by atoms with Crippen molar-refractivity contribution >= 4 is 12.6 Å². The number of aromatic nitrogens is 1. The van der Waals surface area contributed by atoms with E-state index >= 15 is 0 Å². The second kappa shape index (κ2) is 5.71. The van der Waals surface area contributed by atoms with E-state index in [0.717, 1.165) is 22.4 Å². The molecule has 1 aliphatic heterocycles. The quantitative estimate of drug-likeness (QED) is 0.784.